The number of nitrogens with one attached hydrogen (secondary N) is 1. The maximum atomic E-state index is 4.14. The van der Waals surface area contributed by atoms with Crippen molar-refractivity contribution >= 4 is 11.3 Å². The molecule has 1 N–H and O–H groups in total. The number of hydrogen-bond acceptors (Lipinski definition) is 3. The van der Waals surface area contributed by atoms with Crippen LogP contribution in [-0.4, -0.2) is 17.6 Å². The third-order valence-electron chi connectivity index (χ3n) is 3.33. The van der Waals surface area contributed by atoms with Crippen LogP contribution in [-0.2, 0) is 6.42 Å². The van der Waals surface area contributed by atoms with Crippen LogP contribution in [0, 0.1) is 5.41 Å². The minimum absolute atomic E-state index is 0.606. The molecular formula is C11H16N2S. The second-order valence-electron chi connectivity index (χ2n) is 4.80. The zero-order valence-corrected chi connectivity index (χ0v) is 9.15. The lowest BCUT2D eigenvalue weighted by Crippen LogP contribution is -2.27. The van der Waals surface area contributed by atoms with Crippen LogP contribution in [0.25, 0.3) is 0 Å². The molecule has 2 fully saturated rings. The summed E-state index contributed by atoms with van der Waals surface area (Å²) in [5.41, 5.74) is 2.55. The topological polar surface area (TPSA) is 24.9 Å². The highest BCUT2D eigenvalue weighted by Gasteiger charge is 2.43. The second-order valence-corrected chi connectivity index (χ2v) is 5.77. The van der Waals surface area contributed by atoms with Gasteiger partial charge in [-0.15, -0.1) is 11.3 Å². The van der Waals surface area contributed by atoms with Gasteiger partial charge in [-0.05, 0) is 37.5 Å². The Hall–Kier alpha value is -0.410. The largest absolute Gasteiger partial charge is 0.313 e. The molecule has 14 heavy (non-hydrogen) atoms. The molecule has 2 aliphatic rings. The maximum Gasteiger partial charge on any atom is 0.0794 e. The lowest BCUT2D eigenvalue weighted by molar-refractivity contribution is 0.456. The Morgan fingerprint density at radius 1 is 1.50 bits per heavy atom. The van der Waals surface area contributed by atoms with Crippen LogP contribution in [0.5, 0.6) is 0 Å². The lowest BCUT2D eigenvalue weighted by Gasteiger charge is -2.14. The average molecular weight is 208 g/mol. The smallest absolute Gasteiger partial charge is 0.0794 e. The predicted molar refractivity (Wildman–Crippen MR) is 58.5 cm³/mol. The average Bonchev–Trinajstić information content (AvgIpc) is 3.07. The molecule has 0 radical (unpaired) electrons. The van der Waals surface area contributed by atoms with Gasteiger partial charge in [0.1, 0.15) is 0 Å². The number of rotatable bonds is 5. The second kappa shape index (κ2) is 3.31. The fourth-order valence-electron chi connectivity index (χ4n) is 1.94. The summed E-state index contributed by atoms with van der Waals surface area (Å²) in [6, 6.07) is 0.855. The molecule has 2 aliphatic carbocycles. The van der Waals surface area contributed by atoms with Gasteiger partial charge in [0.2, 0.25) is 0 Å². The third kappa shape index (κ3) is 1.98. The van der Waals surface area contributed by atoms with E-state index >= 15 is 0 Å². The van der Waals surface area contributed by atoms with Gasteiger partial charge < -0.3 is 5.32 Å². The van der Waals surface area contributed by atoms with Crippen molar-refractivity contribution in [2.75, 3.05) is 6.54 Å². The Balaban J connectivity index is 1.54. The minimum Gasteiger partial charge on any atom is -0.313 e. The Kier molecular flexibility index (Phi) is 2.10. The Morgan fingerprint density at radius 2 is 2.36 bits per heavy atom. The first kappa shape index (κ1) is 8.86. The number of nitrogens with zero attached hydrogens (tertiary/aromatic N) is 1. The Labute approximate surface area is 88.7 Å². The number of hydrogen-bond donors (Lipinski definition) is 1. The van der Waals surface area contributed by atoms with Gasteiger partial charge in [-0.25, -0.2) is 0 Å². The van der Waals surface area contributed by atoms with E-state index in [0.717, 1.165) is 6.04 Å². The first-order valence-corrected chi connectivity index (χ1v) is 6.35. The van der Waals surface area contributed by atoms with E-state index in [4.69, 9.17) is 0 Å². The van der Waals surface area contributed by atoms with E-state index in [1.165, 1.54) is 43.5 Å². The molecule has 2 saturated carbocycles. The molecule has 0 aliphatic heterocycles. The predicted octanol–water partition coefficient (Wildman–Crippen LogP) is 2.22. The molecule has 0 bridgehead atoms. The molecule has 3 heteroatoms. The fraction of sp³-hybridized carbons (Fsp3) is 0.727. The molecule has 2 nitrogen and oxygen atoms in total. The quantitative estimate of drug-likeness (QED) is 0.802. The molecule has 0 atom stereocenters. The van der Waals surface area contributed by atoms with Gasteiger partial charge in [0.25, 0.3) is 0 Å². The molecule has 0 saturated heterocycles. The Morgan fingerprint density at radius 3 is 2.93 bits per heavy atom. The van der Waals surface area contributed by atoms with Crippen LogP contribution in [0.15, 0.2) is 11.7 Å². The van der Waals surface area contributed by atoms with Gasteiger partial charge in [-0.1, -0.05) is 0 Å². The summed E-state index contributed by atoms with van der Waals surface area (Å²) < 4.78 is 0. The molecular weight excluding hydrogens is 192 g/mol. The maximum absolute atomic E-state index is 4.14. The van der Waals surface area contributed by atoms with Crippen molar-refractivity contribution in [2.24, 2.45) is 5.41 Å². The first-order valence-electron chi connectivity index (χ1n) is 5.47. The van der Waals surface area contributed by atoms with Crippen LogP contribution in [0.2, 0.25) is 0 Å². The van der Waals surface area contributed by atoms with E-state index in [1.807, 2.05) is 11.7 Å². The standard InChI is InChI=1S/C11H16N2S/c1-2-9(1)13-7-11(3-4-11)5-10-6-12-8-14-10/h6,8-9,13H,1-5,7H2. The van der Waals surface area contributed by atoms with Crippen LogP contribution >= 0.6 is 11.3 Å². The summed E-state index contributed by atoms with van der Waals surface area (Å²) in [4.78, 5) is 5.60. The van der Waals surface area contributed by atoms with Gasteiger partial charge in [0, 0.05) is 23.7 Å². The van der Waals surface area contributed by atoms with E-state index in [9.17, 15) is 0 Å². The van der Waals surface area contributed by atoms with E-state index in [-0.39, 0.29) is 0 Å². The SMILES string of the molecule is c1ncc(CC2(CNC3CC3)CC2)s1. The van der Waals surface area contributed by atoms with Crippen molar-refractivity contribution in [3.05, 3.63) is 16.6 Å². The molecule has 3 rings (SSSR count). The molecule has 0 aromatic carbocycles. The fourth-order valence-corrected chi connectivity index (χ4v) is 2.71. The van der Waals surface area contributed by atoms with Crippen molar-refractivity contribution in [2.45, 2.75) is 38.1 Å². The van der Waals surface area contributed by atoms with E-state index in [1.54, 1.807) is 11.3 Å². The van der Waals surface area contributed by atoms with Gasteiger partial charge in [-0.3, -0.25) is 4.98 Å². The monoisotopic (exact) mass is 208 g/mol. The first-order chi connectivity index (χ1) is 6.86. The summed E-state index contributed by atoms with van der Waals surface area (Å²) in [5.74, 6) is 0. The molecule has 0 unspecified atom stereocenters. The van der Waals surface area contributed by atoms with Crippen molar-refractivity contribution < 1.29 is 0 Å². The number of thiazole rings is 1. The highest BCUT2D eigenvalue weighted by Crippen LogP contribution is 2.48. The summed E-state index contributed by atoms with van der Waals surface area (Å²) in [7, 11) is 0. The van der Waals surface area contributed by atoms with Gasteiger partial charge in [0.15, 0.2) is 0 Å². The number of aromatic nitrogens is 1. The Bertz CT molecular complexity index is 299. The molecule has 1 aromatic heterocycles. The zero-order chi connectivity index (χ0) is 9.43. The normalized spacial score (nSPS) is 23.7. The van der Waals surface area contributed by atoms with E-state index < -0.39 is 0 Å². The summed E-state index contributed by atoms with van der Waals surface area (Å²) in [6.45, 7) is 1.23. The third-order valence-corrected chi connectivity index (χ3v) is 4.11. The van der Waals surface area contributed by atoms with Crippen LogP contribution < -0.4 is 5.32 Å². The zero-order valence-electron chi connectivity index (χ0n) is 8.33. The van der Waals surface area contributed by atoms with Gasteiger partial charge >= 0.3 is 0 Å². The van der Waals surface area contributed by atoms with Crippen LogP contribution in [0.4, 0.5) is 0 Å². The van der Waals surface area contributed by atoms with Crippen molar-refractivity contribution in [1.82, 2.24) is 10.3 Å². The molecule has 1 aromatic rings. The summed E-state index contributed by atoms with van der Waals surface area (Å²) >= 11 is 1.80. The highest BCUT2D eigenvalue weighted by molar-refractivity contribution is 7.09. The van der Waals surface area contributed by atoms with Crippen LogP contribution in [0.3, 0.4) is 0 Å². The molecule has 1 heterocycles. The van der Waals surface area contributed by atoms with Crippen molar-refractivity contribution in [3.8, 4) is 0 Å². The van der Waals surface area contributed by atoms with Crippen molar-refractivity contribution in [1.29, 1.82) is 0 Å². The summed E-state index contributed by atoms with van der Waals surface area (Å²) in [5, 5.41) is 3.66. The summed E-state index contributed by atoms with van der Waals surface area (Å²) in [6.07, 6.45) is 8.89. The molecule has 0 spiro atoms. The van der Waals surface area contributed by atoms with E-state index in [2.05, 4.69) is 10.3 Å². The highest BCUT2D eigenvalue weighted by atomic mass is 32.1. The van der Waals surface area contributed by atoms with Gasteiger partial charge in [0.05, 0.1) is 5.51 Å². The van der Waals surface area contributed by atoms with Gasteiger partial charge in [-0.2, -0.15) is 0 Å². The molecule has 0 amide bonds. The van der Waals surface area contributed by atoms with Crippen LogP contribution in [0.1, 0.15) is 30.6 Å². The van der Waals surface area contributed by atoms with Crippen molar-refractivity contribution in [3.63, 3.8) is 0 Å². The minimum atomic E-state index is 0.606. The lowest BCUT2D eigenvalue weighted by atomic mass is 10.0. The van der Waals surface area contributed by atoms with E-state index in [0.29, 0.717) is 5.41 Å². The molecule has 76 valence electrons.